The number of rotatable bonds is 4. The maximum absolute atomic E-state index is 11.9. The summed E-state index contributed by atoms with van der Waals surface area (Å²) in [6.07, 6.45) is 0.195. The smallest absolute Gasteiger partial charge is 0.310 e. The third-order valence-corrected chi connectivity index (χ3v) is 3.51. The van der Waals surface area contributed by atoms with E-state index < -0.39 is 0 Å². The van der Waals surface area contributed by atoms with Crippen molar-refractivity contribution in [3.05, 3.63) is 34.9 Å². The molecule has 0 aliphatic carbocycles. The average Bonchev–Trinajstić information content (AvgIpc) is 2.34. The predicted octanol–water partition coefficient (Wildman–Crippen LogP) is 3.96. The monoisotopic (exact) mass is 304 g/mol. The van der Waals surface area contributed by atoms with Gasteiger partial charge in [0.1, 0.15) is 6.61 Å². The predicted molar refractivity (Wildman–Crippen MR) is 89.2 cm³/mol. The zero-order valence-electron chi connectivity index (χ0n) is 14.9. The number of carbonyl (C=O) groups excluding carboxylic acids is 2. The molecular formula is C19H28O3. The Balaban J connectivity index is 3.08. The first-order chi connectivity index (χ1) is 9.89. The summed E-state index contributed by atoms with van der Waals surface area (Å²) in [5.74, 6) is -0.506. The molecule has 0 heterocycles. The minimum absolute atomic E-state index is 0.0132. The Morgan fingerprint density at radius 3 is 1.73 bits per heavy atom. The van der Waals surface area contributed by atoms with Crippen molar-refractivity contribution in [1.82, 2.24) is 0 Å². The molecule has 0 unspecified atom stereocenters. The van der Waals surface area contributed by atoms with Gasteiger partial charge in [0, 0.05) is 0 Å². The summed E-state index contributed by atoms with van der Waals surface area (Å²) in [4.78, 5) is 22.8. The fourth-order valence-electron chi connectivity index (χ4n) is 2.06. The molecule has 0 saturated carbocycles. The van der Waals surface area contributed by atoms with E-state index in [1.165, 1.54) is 18.1 Å². The van der Waals surface area contributed by atoms with E-state index in [9.17, 15) is 9.59 Å². The zero-order chi connectivity index (χ0) is 17.1. The number of hydrogen-bond donors (Lipinski definition) is 0. The molecule has 0 amide bonds. The molecule has 122 valence electrons. The minimum atomic E-state index is -0.360. The number of ketones is 1. The first kappa shape index (κ1) is 18.4. The van der Waals surface area contributed by atoms with Gasteiger partial charge in [0.15, 0.2) is 5.78 Å². The zero-order valence-corrected chi connectivity index (χ0v) is 14.9. The van der Waals surface area contributed by atoms with Crippen molar-refractivity contribution in [2.45, 2.75) is 65.7 Å². The van der Waals surface area contributed by atoms with Gasteiger partial charge in [-0.05, 0) is 34.4 Å². The number of Topliss-reactive ketones (excluding diaryl/α,β-unsaturated/α-hetero) is 1. The highest BCUT2D eigenvalue weighted by Gasteiger charge is 2.21. The SMILES string of the molecule is CC(=O)COC(=O)Cc1cc(C(C)(C)C)cc(C(C)(C)C)c1. The van der Waals surface area contributed by atoms with Crippen LogP contribution in [0.15, 0.2) is 18.2 Å². The Morgan fingerprint density at radius 1 is 0.909 bits per heavy atom. The van der Waals surface area contributed by atoms with E-state index in [1.54, 1.807) is 0 Å². The van der Waals surface area contributed by atoms with Crippen LogP contribution in [-0.2, 0) is 31.6 Å². The van der Waals surface area contributed by atoms with Gasteiger partial charge in [0.05, 0.1) is 6.42 Å². The molecule has 1 aromatic carbocycles. The van der Waals surface area contributed by atoms with Gasteiger partial charge < -0.3 is 4.74 Å². The first-order valence-corrected chi connectivity index (χ1v) is 7.69. The Bertz CT molecular complexity index is 525. The highest BCUT2D eigenvalue weighted by Crippen LogP contribution is 2.30. The van der Waals surface area contributed by atoms with Crippen molar-refractivity contribution >= 4 is 11.8 Å². The summed E-state index contributed by atoms with van der Waals surface area (Å²) in [5.41, 5.74) is 3.37. The fraction of sp³-hybridized carbons (Fsp3) is 0.579. The molecule has 0 radical (unpaired) electrons. The van der Waals surface area contributed by atoms with Gasteiger partial charge in [-0.1, -0.05) is 59.7 Å². The van der Waals surface area contributed by atoms with Crippen molar-refractivity contribution in [3.8, 4) is 0 Å². The molecule has 1 aromatic rings. The number of hydrogen-bond acceptors (Lipinski definition) is 3. The Labute approximate surface area is 134 Å². The van der Waals surface area contributed by atoms with E-state index in [1.807, 2.05) is 0 Å². The van der Waals surface area contributed by atoms with E-state index in [2.05, 4.69) is 59.7 Å². The lowest BCUT2D eigenvalue weighted by Gasteiger charge is -2.26. The van der Waals surface area contributed by atoms with Crippen molar-refractivity contribution in [2.24, 2.45) is 0 Å². The van der Waals surface area contributed by atoms with Crippen molar-refractivity contribution in [2.75, 3.05) is 6.61 Å². The van der Waals surface area contributed by atoms with Crippen LogP contribution < -0.4 is 0 Å². The lowest BCUT2D eigenvalue weighted by Crippen LogP contribution is -2.18. The maximum atomic E-state index is 11.9. The van der Waals surface area contributed by atoms with Gasteiger partial charge in [0.25, 0.3) is 0 Å². The molecule has 0 fully saturated rings. The van der Waals surface area contributed by atoms with Gasteiger partial charge in [-0.3, -0.25) is 9.59 Å². The summed E-state index contributed by atoms with van der Waals surface area (Å²) in [6.45, 7) is 14.2. The standard InChI is InChI=1S/C19H28O3/c1-13(20)12-22-17(21)10-14-8-15(18(2,3)4)11-16(9-14)19(5,6)7/h8-9,11H,10,12H2,1-7H3. The Hall–Kier alpha value is -1.64. The molecule has 0 aliphatic rings. The third-order valence-electron chi connectivity index (χ3n) is 3.51. The quantitative estimate of drug-likeness (QED) is 0.791. The summed E-state index contributed by atoms with van der Waals surface area (Å²) >= 11 is 0. The minimum Gasteiger partial charge on any atom is -0.457 e. The molecule has 22 heavy (non-hydrogen) atoms. The molecule has 3 nitrogen and oxygen atoms in total. The first-order valence-electron chi connectivity index (χ1n) is 7.69. The third kappa shape index (κ3) is 5.63. The van der Waals surface area contributed by atoms with E-state index in [0.717, 1.165) is 5.56 Å². The van der Waals surface area contributed by atoms with Gasteiger partial charge in [-0.15, -0.1) is 0 Å². The summed E-state index contributed by atoms with van der Waals surface area (Å²) in [7, 11) is 0. The Morgan fingerprint density at radius 2 is 1.36 bits per heavy atom. The van der Waals surface area contributed by atoms with Crippen molar-refractivity contribution in [3.63, 3.8) is 0 Å². The highest BCUT2D eigenvalue weighted by atomic mass is 16.5. The second-order valence-electron chi connectivity index (χ2n) is 7.96. The van der Waals surface area contributed by atoms with Crippen LogP contribution in [-0.4, -0.2) is 18.4 Å². The molecular weight excluding hydrogens is 276 g/mol. The number of ether oxygens (including phenoxy) is 1. The summed E-state index contributed by atoms with van der Waals surface area (Å²) in [6, 6.07) is 6.33. The molecule has 0 aliphatic heterocycles. The molecule has 0 N–H and O–H groups in total. The van der Waals surface area contributed by atoms with Crippen LogP contribution >= 0.6 is 0 Å². The van der Waals surface area contributed by atoms with E-state index in [0.29, 0.717) is 0 Å². The van der Waals surface area contributed by atoms with Crippen molar-refractivity contribution in [1.29, 1.82) is 0 Å². The fourth-order valence-corrected chi connectivity index (χ4v) is 2.06. The van der Waals surface area contributed by atoms with Crippen LogP contribution in [0.3, 0.4) is 0 Å². The molecule has 0 bridgehead atoms. The van der Waals surface area contributed by atoms with Gasteiger partial charge >= 0.3 is 5.97 Å². The van der Waals surface area contributed by atoms with E-state index >= 15 is 0 Å². The summed E-state index contributed by atoms with van der Waals surface area (Å²) < 4.78 is 4.97. The van der Waals surface area contributed by atoms with E-state index in [4.69, 9.17) is 4.74 Å². The average molecular weight is 304 g/mol. The lowest BCUT2D eigenvalue weighted by molar-refractivity contribution is -0.146. The molecule has 1 rings (SSSR count). The maximum Gasteiger partial charge on any atom is 0.310 e. The molecule has 0 spiro atoms. The molecule has 0 atom stereocenters. The van der Waals surface area contributed by atoms with Crippen molar-refractivity contribution < 1.29 is 14.3 Å². The largest absolute Gasteiger partial charge is 0.457 e. The van der Waals surface area contributed by atoms with Crippen LogP contribution in [0.25, 0.3) is 0 Å². The Kier molecular flexibility index (Phi) is 5.55. The van der Waals surface area contributed by atoms with Crippen LogP contribution in [0.5, 0.6) is 0 Å². The van der Waals surface area contributed by atoms with Gasteiger partial charge in [-0.2, -0.15) is 0 Å². The second kappa shape index (κ2) is 6.64. The highest BCUT2D eigenvalue weighted by molar-refractivity contribution is 5.81. The van der Waals surface area contributed by atoms with Crippen LogP contribution in [0.2, 0.25) is 0 Å². The summed E-state index contributed by atoms with van der Waals surface area (Å²) in [5, 5.41) is 0. The van der Waals surface area contributed by atoms with Crippen LogP contribution in [0, 0.1) is 0 Å². The number of carbonyl (C=O) groups is 2. The second-order valence-corrected chi connectivity index (χ2v) is 7.96. The van der Waals surface area contributed by atoms with Gasteiger partial charge in [0.2, 0.25) is 0 Å². The van der Waals surface area contributed by atoms with Gasteiger partial charge in [-0.25, -0.2) is 0 Å². The lowest BCUT2D eigenvalue weighted by atomic mass is 9.79. The van der Waals surface area contributed by atoms with Crippen LogP contribution in [0.4, 0.5) is 0 Å². The normalized spacial score (nSPS) is 12.1. The number of esters is 1. The topological polar surface area (TPSA) is 43.4 Å². The molecule has 0 saturated heterocycles. The number of benzene rings is 1. The molecule has 0 aromatic heterocycles. The van der Waals surface area contributed by atoms with E-state index in [-0.39, 0.29) is 35.6 Å². The van der Waals surface area contributed by atoms with Crippen LogP contribution in [0.1, 0.15) is 65.2 Å². The molecule has 3 heteroatoms.